The fourth-order valence-electron chi connectivity index (χ4n) is 2.33. The van der Waals surface area contributed by atoms with Crippen molar-refractivity contribution in [3.8, 4) is 0 Å². The first-order valence-corrected chi connectivity index (χ1v) is 10.6. The first kappa shape index (κ1) is 22.0. The van der Waals surface area contributed by atoms with Crippen molar-refractivity contribution >= 4 is 21.7 Å². The molecule has 1 atom stereocenters. The third-order valence-corrected chi connectivity index (χ3v) is 4.79. The second-order valence-electron chi connectivity index (χ2n) is 6.61. The number of amides is 1. The lowest BCUT2D eigenvalue weighted by molar-refractivity contribution is 0.0827. The van der Waals surface area contributed by atoms with Gasteiger partial charge < -0.3 is 15.5 Å². The molecule has 7 nitrogen and oxygen atoms in total. The average Bonchev–Trinajstić information content (AvgIpc) is 2.58. The van der Waals surface area contributed by atoms with Gasteiger partial charge in [0.05, 0.1) is 5.75 Å². The third-order valence-electron chi connectivity index (χ3n) is 3.81. The molecule has 0 aliphatic heterocycles. The Bertz CT molecular complexity index is 730. The van der Waals surface area contributed by atoms with E-state index in [0.717, 1.165) is 12.0 Å². The number of benzene rings is 1. The van der Waals surface area contributed by atoms with Crippen LogP contribution in [-0.4, -0.2) is 70.9 Å². The van der Waals surface area contributed by atoms with Crippen LogP contribution in [0.25, 0.3) is 0 Å². The topological polar surface area (TPSA) is 90.9 Å². The van der Waals surface area contributed by atoms with Crippen molar-refractivity contribution in [2.45, 2.75) is 25.8 Å². The van der Waals surface area contributed by atoms with E-state index in [9.17, 15) is 13.2 Å². The largest absolute Gasteiger partial charge is 0.356 e. The van der Waals surface area contributed by atoms with E-state index in [1.165, 1.54) is 6.26 Å². The van der Waals surface area contributed by atoms with Crippen LogP contribution >= 0.6 is 0 Å². The maximum atomic E-state index is 12.0. The molecule has 0 radical (unpaired) electrons. The van der Waals surface area contributed by atoms with Gasteiger partial charge in [-0.1, -0.05) is 12.1 Å². The summed E-state index contributed by atoms with van der Waals surface area (Å²) in [6, 6.07) is 7.57. The molecule has 1 unspecified atom stereocenters. The van der Waals surface area contributed by atoms with Gasteiger partial charge in [0.15, 0.2) is 5.96 Å². The van der Waals surface area contributed by atoms with Crippen LogP contribution in [0.2, 0.25) is 0 Å². The van der Waals surface area contributed by atoms with Crippen LogP contribution < -0.4 is 10.6 Å². The van der Waals surface area contributed by atoms with E-state index in [1.54, 1.807) is 26.0 Å². The summed E-state index contributed by atoms with van der Waals surface area (Å²) in [7, 11) is 2.18. The predicted octanol–water partition coefficient (Wildman–Crippen LogP) is 0.919. The van der Waals surface area contributed by atoms with Crippen molar-refractivity contribution in [1.82, 2.24) is 15.5 Å². The van der Waals surface area contributed by atoms with Gasteiger partial charge in [-0.15, -0.1) is 0 Å². The smallest absolute Gasteiger partial charge is 0.253 e. The van der Waals surface area contributed by atoms with Crippen molar-refractivity contribution in [3.63, 3.8) is 0 Å². The van der Waals surface area contributed by atoms with Gasteiger partial charge in [-0.3, -0.25) is 9.79 Å². The SMILES string of the molecule is CN=C(NCCc1cccc(C(=O)N(C)C)c1)NC(C)CCS(C)(=O)=O. The quantitative estimate of drug-likeness (QED) is 0.515. The molecule has 0 bridgehead atoms. The van der Waals surface area contributed by atoms with Crippen LogP contribution in [0, 0.1) is 0 Å². The molecule has 8 heteroatoms. The highest BCUT2D eigenvalue weighted by Crippen LogP contribution is 2.07. The van der Waals surface area contributed by atoms with Crippen molar-refractivity contribution in [2.75, 3.05) is 39.7 Å². The molecule has 0 saturated carbocycles. The molecular weight excluding hydrogens is 352 g/mol. The molecule has 1 aromatic carbocycles. The maximum absolute atomic E-state index is 12.0. The molecule has 26 heavy (non-hydrogen) atoms. The zero-order chi connectivity index (χ0) is 19.7. The highest BCUT2D eigenvalue weighted by Gasteiger charge is 2.10. The Morgan fingerprint density at radius 3 is 2.58 bits per heavy atom. The van der Waals surface area contributed by atoms with E-state index in [1.807, 2.05) is 31.2 Å². The van der Waals surface area contributed by atoms with Gasteiger partial charge in [0, 0.05) is 45.5 Å². The van der Waals surface area contributed by atoms with Crippen LogP contribution in [0.3, 0.4) is 0 Å². The minimum absolute atomic E-state index is 0.00281. The van der Waals surface area contributed by atoms with Crippen LogP contribution in [0.15, 0.2) is 29.3 Å². The Morgan fingerprint density at radius 2 is 2.00 bits per heavy atom. The summed E-state index contributed by atoms with van der Waals surface area (Å²) in [5, 5.41) is 6.40. The Kier molecular flexibility index (Phi) is 8.57. The fourth-order valence-corrected chi connectivity index (χ4v) is 3.12. The van der Waals surface area contributed by atoms with Crippen molar-refractivity contribution in [1.29, 1.82) is 0 Å². The molecule has 146 valence electrons. The first-order valence-electron chi connectivity index (χ1n) is 8.58. The third kappa shape index (κ3) is 8.33. The minimum Gasteiger partial charge on any atom is -0.356 e. The summed E-state index contributed by atoms with van der Waals surface area (Å²) in [5.74, 6) is 0.758. The van der Waals surface area contributed by atoms with E-state index in [2.05, 4.69) is 15.6 Å². The molecule has 0 spiro atoms. The second kappa shape index (κ2) is 10.2. The fraction of sp³-hybridized carbons (Fsp3) is 0.556. The van der Waals surface area contributed by atoms with E-state index < -0.39 is 9.84 Å². The maximum Gasteiger partial charge on any atom is 0.253 e. The van der Waals surface area contributed by atoms with Gasteiger partial charge in [-0.05, 0) is 37.5 Å². The Hall–Kier alpha value is -2.09. The Balaban J connectivity index is 2.50. The highest BCUT2D eigenvalue weighted by atomic mass is 32.2. The Labute approximate surface area is 156 Å². The molecule has 0 heterocycles. The molecule has 0 saturated heterocycles. The predicted molar refractivity (Wildman–Crippen MR) is 106 cm³/mol. The van der Waals surface area contributed by atoms with Crippen molar-refractivity contribution < 1.29 is 13.2 Å². The normalized spacial score (nSPS) is 13.2. The van der Waals surface area contributed by atoms with Crippen LogP contribution in [0.1, 0.15) is 29.3 Å². The lowest BCUT2D eigenvalue weighted by Crippen LogP contribution is -2.43. The van der Waals surface area contributed by atoms with Gasteiger partial charge >= 0.3 is 0 Å². The van der Waals surface area contributed by atoms with E-state index in [4.69, 9.17) is 0 Å². The van der Waals surface area contributed by atoms with E-state index >= 15 is 0 Å². The van der Waals surface area contributed by atoms with Crippen LogP contribution in [0.4, 0.5) is 0 Å². The summed E-state index contributed by atoms with van der Waals surface area (Å²) in [6.45, 7) is 2.58. The summed E-state index contributed by atoms with van der Waals surface area (Å²) in [4.78, 5) is 17.7. The summed E-state index contributed by atoms with van der Waals surface area (Å²) >= 11 is 0. The van der Waals surface area contributed by atoms with Crippen molar-refractivity contribution in [2.24, 2.45) is 4.99 Å². The second-order valence-corrected chi connectivity index (χ2v) is 8.87. The number of rotatable bonds is 8. The zero-order valence-corrected chi connectivity index (χ0v) is 17.1. The molecule has 1 rings (SSSR count). The number of guanidine groups is 1. The number of nitrogens with one attached hydrogen (secondary N) is 2. The van der Waals surface area contributed by atoms with E-state index in [0.29, 0.717) is 24.5 Å². The van der Waals surface area contributed by atoms with E-state index in [-0.39, 0.29) is 17.7 Å². The molecular formula is C18H30N4O3S. The monoisotopic (exact) mass is 382 g/mol. The molecule has 0 aliphatic rings. The number of aliphatic imine (C=N–C) groups is 1. The molecule has 0 aromatic heterocycles. The molecule has 1 amide bonds. The number of carbonyl (C=O) groups is 1. The number of sulfone groups is 1. The highest BCUT2D eigenvalue weighted by molar-refractivity contribution is 7.90. The van der Waals surface area contributed by atoms with Gasteiger partial charge in [-0.2, -0.15) is 0 Å². The first-order chi connectivity index (χ1) is 12.1. The van der Waals surface area contributed by atoms with Gasteiger partial charge in [0.1, 0.15) is 9.84 Å². The van der Waals surface area contributed by atoms with Crippen molar-refractivity contribution in [3.05, 3.63) is 35.4 Å². The number of hydrogen-bond acceptors (Lipinski definition) is 4. The Morgan fingerprint density at radius 1 is 1.31 bits per heavy atom. The number of carbonyl (C=O) groups excluding carboxylic acids is 1. The molecule has 2 N–H and O–H groups in total. The van der Waals surface area contributed by atoms with Gasteiger partial charge in [-0.25, -0.2) is 8.42 Å². The molecule has 0 aliphatic carbocycles. The van der Waals surface area contributed by atoms with Gasteiger partial charge in [0.2, 0.25) is 0 Å². The summed E-state index contributed by atoms with van der Waals surface area (Å²) < 4.78 is 22.5. The number of hydrogen-bond donors (Lipinski definition) is 2. The lowest BCUT2D eigenvalue weighted by atomic mass is 10.1. The standard InChI is InChI=1S/C18H30N4O3S/c1-14(10-12-26(5,24)25)21-18(19-2)20-11-9-15-7-6-8-16(13-15)17(23)22(3)4/h6-8,13-14H,9-12H2,1-5H3,(H2,19,20,21). The van der Waals surface area contributed by atoms with Gasteiger partial charge in [0.25, 0.3) is 5.91 Å². The molecule has 1 aromatic rings. The summed E-state index contributed by atoms with van der Waals surface area (Å²) in [6.07, 6.45) is 2.50. The van der Waals surface area contributed by atoms with Crippen LogP contribution in [0.5, 0.6) is 0 Å². The van der Waals surface area contributed by atoms with Crippen LogP contribution in [-0.2, 0) is 16.3 Å². The number of nitrogens with zero attached hydrogens (tertiary/aromatic N) is 2. The lowest BCUT2D eigenvalue weighted by Gasteiger charge is -2.17. The minimum atomic E-state index is -2.96. The summed E-state index contributed by atoms with van der Waals surface area (Å²) in [5.41, 5.74) is 1.73. The molecule has 0 fully saturated rings. The average molecular weight is 383 g/mol. The zero-order valence-electron chi connectivity index (χ0n) is 16.2.